The van der Waals surface area contributed by atoms with Crippen molar-refractivity contribution in [3.05, 3.63) is 138 Å². The molecule has 5 aliphatic carbocycles. The van der Waals surface area contributed by atoms with Crippen molar-refractivity contribution >= 4 is 64.0 Å². The van der Waals surface area contributed by atoms with Crippen LogP contribution in [0.1, 0.15) is 158 Å². The van der Waals surface area contributed by atoms with Gasteiger partial charge in [-0.25, -0.2) is 0 Å². The van der Waals surface area contributed by atoms with Gasteiger partial charge in [0.15, 0.2) is 0 Å². The van der Waals surface area contributed by atoms with Gasteiger partial charge in [0.1, 0.15) is 5.78 Å². The van der Waals surface area contributed by atoms with Crippen molar-refractivity contribution in [3.63, 3.8) is 0 Å². The summed E-state index contributed by atoms with van der Waals surface area (Å²) < 4.78 is 78.5. The quantitative estimate of drug-likeness (QED) is 0.138. The summed E-state index contributed by atoms with van der Waals surface area (Å²) in [6.45, 7) is 6.58. The summed E-state index contributed by atoms with van der Waals surface area (Å²) in [6, 6.07) is 19.3. The van der Waals surface area contributed by atoms with Gasteiger partial charge in [0.2, 0.25) is 11.8 Å². The minimum absolute atomic E-state index is 0. The van der Waals surface area contributed by atoms with E-state index in [1.54, 1.807) is 46.1 Å². The Hall–Kier alpha value is -4.06. The van der Waals surface area contributed by atoms with Crippen LogP contribution in [0.5, 0.6) is 0 Å². The maximum atomic E-state index is 13.2. The van der Waals surface area contributed by atoms with E-state index < -0.39 is 23.5 Å². The minimum Gasteiger partial charge on any atom is -0.342 e. The monoisotopic (exact) mass is 1190 g/mol. The number of carbonyl (C=O) groups is 3. The molecule has 3 aromatic heterocycles. The van der Waals surface area contributed by atoms with E-state index in [2.05, 4.69) is 60.3 Å². The second-order valence-electron chi connectivity index (χ2n) is 24.9. The van der Waals surface area contributed by atoms with Gasteiger partial charge in [0.25, 0.3) is 0 Å². The first-order valence-corrected chi connectivity index (χ1v) is 32.4. The SMILES string of the molecule is Cl.O=C(C1[C@H]2CN(C3CCC(c4ccsc4)CC3)C[C@@H]12)N1CCC(c2cccc(C(F)(F)F)c2)C1.O=C(C1[C@H]2CN(C3CCC(c4ccsc4)CC3)C[C@@H]12)N1CCC(c2cccc(C(F)(F)F)c2)C1.O=C1CCC(c2ccsc2)CC1. The fourth-order valence-electron chi connectivity index (χ4n) is 15.6. The van der Waals surface area contributed by atoms with Gasteiger partial charge in [-0.2, -0.15) is 60.4 Å². The van der Waals surface area contributed by atoms with E-state index in [-0.39, 0.29) is 47.9 Å². The number of hydrogen-bond acceptors (Lipinski definition) is 8. The third kappa shape index (κ3) is 13.3. The molecule has 2 amide bonds. The molecule has 8 atom stereocenters. The Morgan fingerprint density at radius 1 is 0.432 bits per heavy atom. The highest BCUT2D eigenvalue weighted by molar-refractivity contribution is 7.08. The molecule has 5 aromatic rings. The summed E-state index contributed by atoms with van der Waals surface area (Å²) in [5.74, 6) is 5.22. The summed E-state index contributed by atoms with van der Waals surface area (Å²) in [5, 5.41) is 13.3. The van der Waals surface area contributed by atoms with Gasteiger partial charge in [0.05, 0.1) is 11.1 Å². The number of likely N-dealkylation sites (tertiary alicyclic amines) is 4. The third-order valence-corrected chi connectivity index (χ3v) is 22.5. The first-order valence-electron chi connectivity index (χ1n) is 29.6. The zero-order chi connectivity index (χ0) is 55.3. The number of Topliss-reactive ketones (excluding diaryl/α,β-unsaturated/α-hetero) is 1. The highest BCUT2D eigenvalue weighted by Crippen LogP contribution is 2.56. The summed E-state index contributed by atoms with van der Waals surface area (Å²) in [5.41, 5.74) is 4.65. The fraction of sp³-hybridized carbons (Fsp3) is 0.578. The van der Waals surface area contributed by atoms with E-state index in [1.165, 1.54) is 92.3 Å². The maximum Gasteiger partial charge on any atom is 0.416 e. The van der Waals surface area contributed by atoms with Gasteiger partial charge in [-0.3, -0.25) is 24.2 Å². The zero-order valence-electron chi connectivity index (χ0n) is 45.8. The van der Waals surface area contributed by atoms with Crippen molar-refractivity contribution in [3.8, 4) is 0 Å². The summed E-state index contributed by atoms with van der Waals surface area (Å²) in [7, 11) is 0. The molecule has 9 aliphatic rings. The van der Waals surface area contributed by atoms with Gasteiger partial charge < -0.3 is 9.80 Å². The first-order chi connectivity index (χ1) is 38.6. The molecule has 436 valence electrons. The number of rotatable bonds is 9. The molecule has 7 heterocycles. The van der Waals surface area contributed by atoms with Gasteiger partial charge >= 0.3 is 12.4 Å². The number of carbonyl (C=O) groups excluding carboxylic acids is 3. The molecule has 4 aliphatic heterocycles. The highest BCUT2D eigenvalue weighted by atomic mass is 35.5. The van der Waals surface area contributed by atoms with E-state index in [0.717, 1.165) is 76.8 Å². The molecule has 14 rings (SSSR count). The number of amides is 2. The molecule has 4 saturated heterocycles. The van der Waals surface area contributed by atoms with Crippen molar-refractivity contribution in [1.82, 2.24) is 19.6 Å². The second-order valence-corrected chi connectivity index (χ2v) is 27.2. The number of piperidine rings is 2. The zero-order valence-corrected chi connectivity index (χ0v) is 49.1. The Bertz CT molecular complexity index is 2700. The molecule has 0 N–H and O–H groups in total. The summed E-state index contributed by atoms with van der Waals surface area (Å²) >= 11 is 5.32. The number of halogens is 7. The average Bonchev–Trinajstić information content (AvgIpc) is 4.44. The molecule has 5 saturated carbocycles. The van der Waals surface area contributed by atoms with Crippen molar-refractivity contribution in [2.45, 2.75) is 144 Å². The van der Waals surface area contributed by atoms with Crippen LogP contribution in [0.3, 0.4) is 0 Å². The van der Waals surface area contributed by atoms with Crippen molar-refractivity contribution in [1.29, 1.82) is 0 Å². The number of benzene rings is 2. The third-order valence-electron chi connectivity index (χ3n) is 20.4. The van der Waals surface area contributed by atoms with Crippen molar-refractivity contribution in [2.24, 2.45) is 35.5 Å². The predicted molar refractivity (Wildman–Crippen MR) is 311 cm³/mol. The fourth-order valence-corrected chi connectivity index (χ4v) is 17.8. The van der Waals surface area contributed by atoms with Crippen LogP contribution < -0.4 is 0 Å². The first kappa shape index (κ1) is 58.7. The summed E-state index contributed by atoms with van der Waals surface area (Å²) in [4.78, 5) is 46.5. The molecule has 17 heteroatoms. The molecule has 7 nitrogen and oxygen atoms in total. The van der Waals surface area contributed by atoms with Crippen LogP contribution >= 0.6 is 46.4 Å². The van der Waals surface area contributed by atoms with Crippen molar-refractivity contribution < 1.29 is 40.7 Å². The summed E-state index contributed by atoms with van der Waals surface area (Å²) in [6.07, 6.45) is 6.62. The van der Waals surface area contributed by atoms with Crippen LogP contribution in [0.25, 0.3) is 0 Å². The molecule has 0 spiro atoms. The van der Waals surface area contributed by atoms with Crippen LogP contribution in [-0.4, -0.2) is 102 Å². The molecule has 9 fully saturated rings. The van der Waals surface area contributed by atoms with Crippen molar-refractivity contribution in [2.75, 3.05) is 52.4 Å². The van der Waals surface area contributed by atoms with Gasteiger partial charge in [-0.05, 0) is 209 Å². The number of nitrogens with zero attached hydrogens (tertiary/aromatic N) is 4. The number of alkyl halides is 6. The van der Waals surface area contributed by atoms with Gasteiger partial charge in [-0.15, -0.1) is 12.4 Å². The molecular weight excluding hydrogens is 1120 g/mol. The van der Waals surface area contributed by atoms with E-state index in [1.807, 2.05) is 9.80 Å². The molecule has 81 heavy (non-hydrogen) atoms. The lowest BCUT2D eigenvalue weighted by atomic mass is 9.82. The predicted octanol–water partition coefficient (Wildman–Crippen LogP) is 15.4. The largest absolute Gasteiger partial charge is 0.416 e. The lowest BCUT2D eigenvalue weighted by Crippen LogP contribution is -2.40. The van der Waals surface area contributed by atoms with E-state index in [4.69, 9.17) is 0 Å². The Morgan fingerprint density at radius 2 is 0.790 bits per heavy atom. The Labute approximate surface area is 491 Å². The Balaban J connectivity index is 0.000000140. The number of fused-ring (bicyclic) bond motifs is 2. The van der Waals surface area contributed by atoms with Crippen LogP contribution in [0.15, 0.2) is 99.0 Å². The normalized spacial score (nSPS) is 31.3. The molecule has 0 bridgehead atoms. The Morgan fingerprint density at radius 3 is 1.12 bits per heavy atom. The van der Waals surface area contributed by atoms with Crippen LogP contribution in [0.4, 0.5) is 26.3 Å². The number of thiophene rings is 3. The van der Waals surface area contributed by atoms with E-state index >= 15 is 0 Å². The molecule has 0 radical (unpaired) electrons. The smallest absolute Gasteiger partial charge is 0.342 e. The molecular formula is C64H75ClF6N4O3S3. The Kier molecular flexibility index (Phi) is 18.0. The lowest BCUT2D eigenvalue weighted by Gasteiger charge is -2.36. The van der Waals surface area contributed by atoms with Crippen LogP contribution in [-0.2, 0) is 26.7 Å². The average molecular weight is 1190 g/mol. The topological polar surface area (TPSA) is 64.2 Å². The van der Waals surface area contributed by atoms with Gasteiger partial charge in [0, 0.05) is 101 Å². The molecule has 4 unspecified atom stereocenters. The lowest BCUT2D eigenvalue weighted by molar-refractivity contribution is -0.138. The number of hydrogen-bond donors (Lipinski definition) is 0. The molecule has 2 aromatic carbocycles. The highest BCUT2D eigenvalue weighted by Gasteiger charge is 2.62. The standard InChI is InChI=1S/2C27H31F3N2OS.C10H12OS.ClH/c2*28-27(29,30)21-3-1-2-18(12-21)19-8-10-31(13-19)26(33)25-23-14-32(15-24(23)25)22-6-4-17(5-7-22)20-9-11-34-16-20;11-10-3-1-8(2-4-10)9-5-6-12-7-9;/h2*1-3,9,11-12,16-17,19,22-25H,4-8,10,13-15H2;5-8H,1-4H2;1H/t2*17?,19?,22?,23-,24+,25?;;. The van der Waals surface area contributed by atoms with E-state index in [0.29, 0.717) is 96.6 Å². The number of ketones is 1. The van der Waals surface area contributed by atoms with Gasteiger partial charge in [-0.1, -0.05) is 36.4 Å². The maximum absolute atomic E-state index is 13.2. The minimum atomic E-state index is -4.33. The van der Waals surface area contributed by atoms with Crippen LogP contribution in [0, 0.1) is 35.5 Å². The second kappa shape index (κ2) is 24.9. The van der Waals surface area contributed by atoms with E-state index in [9.17, 15) is 40.7 Å². The van der Waals surface area contributed by atoms with Crippen LogP contribution in [0.2, 0.25) is 0 Å².